The van der Waals surface area contributed by atoms with Gasteiger partial charge in [-0.3, -0.25) is 9.59 Å². The summed E-state index contributed by atoms with van der Waals surface area (Å²) < 4.78 is 1.01. The molecule has 0 fully saturated rings. The Balaban J connectivity index is 2.22. The molecular weight excluding hydrogens is 238 g/mol. The number of carbonyl (C=O) groups is 2. The van der Waals surface area contributed by atoms with Crippen molar-refractivity contribution in [3.8, 4) is 0 Å². The third-order valence-corrected chi connectivity index (χ3v) is 3.48. The standard InChI is InChI=1S/C12H11NO3S/c1-7(12(15)16)13-11(14)10-6-8-4-2-3-5-9(8)17-10/h2-7H,1H3,(H,13,14)(H,15,16)/t7-/m0/s1. The first-order valence-electron chi connectivity index (χ1n) is 5.10. The van der Waals surface area contributed by atoms with Gasteiger partial charge in [-0.25, -0.2) is 0 Å². The molecule has 2 N–H and O–H groups in total. The molecule has 2 rings (SSSR count). The largest absolute Gasteiger partial charge is 0.480 e. The highest BCUT2D eigenvalue weighted by Gasteiger charge is 2.16. The van der Waals surface area contributed by atoms with Crippen LogP contribution in [0.3, 0.4) is 0 Å². The molecule has 0 aliphatic rings. The fourth-order valence-electron chi connectivity index (χ4n) is 1.42. The van der Waals surface area contributed by atoms with E-state index in [0.717, 1.165) is 10.1 Å². The third kappa shape index (κ3) is 2.45. The van der Waals surface area contributed by atoms with Crippen LogP contribution in [0.25, 0.3) is 10.1 Å². The van der Waals surface area contributed by atoms with E-state index in [0.29, 0.717) is 4.88 Å². The number of carbonyl (C=O) groups excluding carboxylic acids is 1. The van der Waals surface area contributed by atoms with Gasteiger partial charge < -0.3 is 10.4 Å². The second kappa shape index (κ2) is 4.55. The van der Waals surface area contributed by atoms with Crippen LogP contribution in [0.4, 0.5) is 0 Å². The first-order valence-corrected chi connectivity index (χ1v) is 5.92. The molecule has 0 saturated heterocycles. The number of aliphatic carboxylic acids is 1. The number of nitrogens with one attached hydrogen (secondary N) is 1. The Kier molecular flexibility index (Phi) is 3.10. The average Bonchev–Trinajstić information content (AvgIpc) is 2.72. The molecule has 1 amide bonds. The summed E-state index contributed by atoms with van der Waals surface area (Å²) in [6.07, 6.45) is 0. The van der Waals surface area contributed by atoms with E-state index in [1.165, 1.54) is 18.3 Å². The number of hydrogen-bond donors (Lipinski definition) is 2. The van der Waals surface area contributed by atoms with Crippen LogP contribution < -0.4 is 5.32 Å². The number of carboxylic acid groups (broad SMARTS) is 1. The van der Waals surface area contributed by atoms with Gasteiger partial charge in [-0.1, -0.05) is 18.2 Å². The minimum Gasteiger partial charge on any atom is -0.480 e. The van der Waals surface area contributed by atoms with Crippen LogP contribution in [0.1, 0.15) is 16.6 Å². The second-order valence-electron chi connectivity index (χ2n) is 3.68. The van der Waals surface area contributed by atoms with E-state index in [4.69, 9.17) is 5.11 Å². The predicted octanol–water partition coefficient (Wildman–Crippen LogP) is 2.10. The molecule has 0 aliphatic carbocycles. The van der Waals surface area contributed by atoms with Crippen molar-refractivity contribution in [2.75, 3.05) is 0 Å². The maximum Gasteiger partial charge on any atom is 0.325 e. The highest BCUT2D eigenvalue weighted by Crippen LogP contribution is 2.25. The van der Waals surface area contributed by atoms with E-state index in [1.54, 1.807) is 6.07 Å². The van der Waals surface area contributed by atoms with Crippen LogP contribution in [0.5, 0.6) is 0 Å². The molecule has 0 saturated carbocycles. The van der Waals surface area contributed by atoms with Gasteiger partial charge in [0.15, 0.2) is 0 Å². The lowest BCUT2D eigenvalue weighted by atomic mass is 10.2. The van der Waals surface area contributed by atoms with E-state index < -0.39 is 12.0 Å². The first-order chi connectivity index (χ1) is 8.08. The van der Waals surface area contributed by atoms with Crippen molar-refractivity contribution in [1.29, 1.82) is 0 Å². The highest BCUT2D eigenvalue weighted by molar-refractivity contribution is 7.20. The van der Waals surface area contributed by atoms with Crippen LogP contribution in [0.15, 0.2) is 30.3 Å². The van der Waals surface area contributed by atoms with E-state index >= 15 is 0 Å². The van der Waals surface area contributed by atoms with Gasteiger partial charge in [0.25, 0.3) is 5.91 Å². The molecule has 1 aromatic carbocycles. The van der Waals surface area contributed by atoms with Crippen molar-refractivity contribution in [3.63, 3.8) is 0 Å². The zero-order valence-electron chi connectivity index (χ0n) is 9.14. The fourth-order valence-corrected chi connectivity index (χ4v) is 2.39. The molecule has 17 heavy (non-hydrogen) atoms. The van der Waals surface area contributed by atoms with Gasteiger partial charge in [0.05, 0.1) is 4.88 Å². The van der Waals surface area contributed by atoms with Crippen LogP contribution in [0.2, 0.25) is 0 Å². The molecule has 4 nitrogen and oxygen atoms in total. The number of thiophene rings is 1. The molecule has 0 spiro atoms. The monoisotopic (exact) mass is 249 g/mol. The van der Waals surface area contributed by atoms with Gasteiger partial charge in [-0.05, 0) is 24.4 Å². The van der Waals surface area contributed by atoms with Crippen molar-refractivity contribution >= 4 is 33.3 Å². The summed E-state index contributed by atoms with van der Waals surface area (Å²) in [7, 11) is 0. The molecular formula is C12H11NO3S. The number of rotatable bonds is 3. The van der Waals surface area contributed by atoms with Gasteiger partial charge in [0.2, 0.25) is 0 Å². The normalized spacial score (nSPS) is 12.3. The number of benzene rings is 1. The molecule has 5 heteroatoms. The third-order valence-electron chi connectivity index (χ3n) is 2.37. The first kappa shape index (κ1) is 11.6. The van der Waals surface area contributed by atoms with Crippen LogP contribution in [-0.2, 0) is 4.79 Å². The number of carboxylic acids is 1. The Labute approximate surface area is 102 Å². The van der Waals surface area contributed by atoms with Gasteiger partial charge in [-0.2, -0.15) is 0 Å². The zero-order valence-corrected chi connectivity index (χ0v) is 9.95. The lowest BCUT2D eigenvalue weighted by Gasteiger charge is -2.07. The van der Waals surface area contributed by atoms with Crippen molar-refractivity contribution < 1.29 is 14.7 Å². The van der Waals surface area contributed by atoms with Crippen molar-refractivity contribution in [2.45, 2.75) is 13.0 Å². The van der Waals surface area contributed by atoms with E-state index in [2.05, 4.69) is 5.32 Å². The Morgan fingerprint density at radius 3 is 2.71 bits per heavy atom. The average molecular weight is 249 g/mol. The molecule has 0 aliphatic heterocycles. The lowest BCUT2D eigenvalue weighted by molar-refractivity contribution is -0.138. The minimum atomic E-state index is -1.04. The van der Waals surface area contributed by atoms with Gasteiger partial charge in [0.1, 0.15) is 6.04 Å². The molecule has 1 aromatic heterocycles. The molecule has 88 valence electrons. The SMILES string of the molecule is C[C@H](NC(=O)c1cc2ccccc2s1)C(=O)O. The summed E-state index contributed by atoms with van der Waals surface area (Å²) in [5.74, 6) is -1.39. The van der Waals surface area contributed by atoms with Crippen LogP contribution in [0, 0.1) is 0 Å². The summed E-state index contributed by atoms with van der Waals surface area (Å²) in [6, 6.07) is 8.54. The summed E-state index contributed by atoms with van der Waals surface area (Å²) in [5, 5.41) is 12.1. The minimum absolute atomic E-state index is 0.346. The topological polar surface area (TPSA) is 66.4 Å². The molecule has 0 bridgehead atoms. The van der Waals surface area contributed by atoms with Gasteiger partial charge in [-0.15, -0.1) is 11.3 Å². The Bertz CT molecular complexity index is 543. The smallest absolute Gasteiger partial charge is 0.325 e. The van der Waals surface area contributed by atoms with Crippen LogP contribution in [-0.4, -0.2) is 23.0 Å². The fraction of sp³-hybridized carbons (Fsp3) is 0.167. The maximum atomic E-state index is 11.8. The summed E-state index contributed by atoms with van der Waals surface area (Å²) in [5.41, 5.74) is 0. The Hall–Kier alpha value is -1.88. The predicted molar refractivity (Wildman–Crippen MR) is 66.4 cm³/mol. The quantitative estimate of drug-likeness (QED) is 0.875. The summed E-state index contributed by atoms with van der Waals surface area (Å²) >= 11 is 1.35. The van der Waals surface area contributed by atoms with E-state index in [1.807, 2.05) is 24.3 Å². The van der Waals surface area contributed by atoms with Gasteiger partial charge >= 0.3 is 5.97 Å². The van der Waals surface area contributed by atoms with E-state index in [9.17, 15) is 9.59 Å². The Morgan fingerprint density at radius 1 is 1.35 bits per heavy atom. The number of fused-ring (bicyclic) bond motifs is 1. The van der Waals surface area contributed by atoms with Crippen molar-refractivity contribution in [1.82, 2.24) is 5.32 Å². The lowest BCUT2D eigenvalue weighted by Crippen LogP contribution is -2.37. The van der Waals surface area contributed by atoms with Gasteiger partial charge in [0, 0.05) is 4.70 Å². The van der Waals surface area contributed by atoms with Crippen molar-refractivity contribution in [2.24, 2.45) is 0 Å². The number of hydrogen-bond acceptors (Lipinski definition) is 3. The molecule has 2 aromatic rings. The Morgan fingerprint density at radius 2 is 2.06 bits per heavy atom. The molecule has 1 heterocycles. The van der Waals surface area contributed by atoms with Crippen LogP contribution >= 0.6 is 11.3 Å². The van der Waals surface area contributed by atoms with E-state index in [-0.39, 0.29) is 5.91 Å². The highest BCUT2D eigenvalue weighted by atomic mass is 32.1. The molecule has 1 atom stereocenters. The number of amides is 1. The zero-order chi connectivity index (χ0) is 12.4. The molecule has 0 radical (unpaired) electrons. The second-order valence-corrected chi connectivity index (χ2v) is 4.77. The molecule has 0 unspecified atom stereocenters. The van der Waals surface area contributed by atoms with Crippen molar-refractivity contribution in [3.05, 3.63) is 35.2 Å². The summed E-state index contributed by atoms with van der Waals surface area (Å²) in [6.45, 7) is 1.44. The summed E-state index contributed by atoms with van der Waals surface area (Å²) in [4.78, 5) is 22.9. The maximum absolute atomic E-state index is 11.8.